The van der Waals surface area contributed by atoms with Gasteiger partial charge in [0.1, 0.15) is 5.75 Å². The van der Waals surface area contributed by atoms with E-state index >= 15 is 0 Å². The smallest absolute Gasteiger partial charge is 0.225 e. The van der Waals surface area contributed by atoms with Crippen molar-refractivity contribution in [2.24, 2.45) is 11.8 Å². The van der Waals surface area contributed by atoms with Gasteiger partial charge in [0.05, 0.1) is 6.61 Å². The average molecular weight is 295 g/mol. The second kappa shape index (κ2) is 6.00. The quantitative estimate of drug-likeness (QED) is 0.854. The second-order valence-electron chi connectivity index (χ2n) is 5.93. The van der Waals surface area contributed by atoms with E-state index in [0.717, 1.165) is 50.9 Å². The fourth-order valence-electron chi connectivity index (χ4n) is 2.69. The summed E-state index contributed by atoms with van der Waals surface area (Å²) in [6.07, 6.45) is 3.89. The fraction of sp³-hybridized carbons (Fsp3) is 0.562. The van der Waals surface area contributed by atoms with Crippen molar-refractivity contribution in [3.05, 3.63) is 29.8 Å². The Morgan fingerprint density at radius 1 is 1.14 bits per heavy atom. The van der Waals surface area contributed by atoms with Crippen LogP contribution in [-0.4, -0.2) is 30.5 Å². The van der Waals surface area contributed by atoms with Crippen molar-refractivity contribution in [1.82, 2.24) is 4.90 Å². The minimum Gasteiger partial charge on any atom is -0.493 e. The number of halogens is 2. The van der Waals surface area contributed by atoms with Gasteiger partial charge < -0.3 is 9.64 Å². The highest BCUT2D eigenvalue weighted by Crippen LogP contribution is 2.32. The fourth-order valence-corrected chi connectivity index (χ4v) is 2.69. The van der Waals surface area contributed by atoms with E-state index in [0.29, 0.717) is 24.2 Å². The Hall–Kier alpha value is -1.65. The first-order chi connectivity index (χ1) is 10.1. The molecule has 0 unspecified atom stereocenters. The first-order valence-corrected chi connectivity index (χ1v) is 7.50. The molecule has 0 atom stereocenters. The minimum absolute atomic E-state index is 0.278. The molecule has 1 aliphatic heterocycles. The molecule has 0 bridgehead atoms. The lowest BCUT2D eigenvalue weighted by atomic mass is 9.97. The molecule has 1 heterocycles. The van der Waals surface area contributed by atoms with Crippen LogP contribution in [0.1, 0.15) is 25.7 Å². The van der Waals surface area contributed by atoms with Gasteiger partial charge in [-0.15, -0.1) is 0 Å². The van der Waals surface area contributed by atoms with Gasteiger partial charge >= 0.3 is 0 Å². The number of ether oxygens (including phenoxy) is 1. The van der Waals surface area contributed by atoms with Crippen LogP contribution in [0, 0.1) is 23.5 Å². The molecule has 114 valence electrons. The molecule has 1 saturated carbocycles. The van der Waals surface area contributed by atoms with E-state index in [1.807, 2.05) is 4.90 Å². The molecular formula is C16H19F2NO2. The molecule has 5 heteroatoms. The van der Waals surface area contributed by atoms with Crippen LogP contribution >= 0.6 is 0 Å². The van der Waals surface area contributed by atoms with Gasteiger partial charge in [-0.25, -0.2) is 8.78 Å². The van der Waals surface area contributed by atoms with Gasteiger partial charge in [0.25, 0.3) is 0 Å². The third-order valence-electron chi connectivity index (χ3n) is 4.23. The zero-order valence-corrected chi connectivity index (χ0v) is 11.9. The van der Waals surface area contributed by atoms with E-state index in [2.05, 4.69) is 0 Å². The maximum Gasteiger partial charge on any atom is 0.225 e. The molecule has 3 rings (SSSR count). The number of amides is 1. The van der Waals surface area contributed by atoms with Crippen LogP contribution in [0.2, 0.25) is 0 Å². The molecule has 2 aliphatic rings. The van der Waals surface area contributed by atoms with Gasteiger partial charge in [0.15, 0.2) is 11.6 Å². The molecule has 0 spiro atoms. The molecular weight excluding hydrogens is 276 g/mol. The van der Waals surface area contributed by atoms with Crippen LogP contribution in [0.25, 0.3) is 0 Å². The molecule has 0 aromatic heterocycles. The Labute approximate surface area is 122 Å². The lowest BCUT2D eigenvalue weighted by molar-refractivity contribution is -0.134. The van der Waals surface area contributed by atoms with E-state index in [1.165, 1.54) is 6.07 Å². The summed E-state index contributed by atoms with van der Waals surface area (Å²) in [4.78, 5) is 13.9. The van der Waals surface area contributed by atoms with Crippen LogP contribution in [0.5, 0.6) is 5.75 Å². The number of benzene rings is 1. The van der Waals surface area contributed by atoms with Gasteiger partial charge in [0.2, 0.25) is 5.91 Å². The van der Waals surface area contributed by atoms with Crippen molar-refractivity contribution < 1.29 is 18.3 Å². The topological polar surface area (TPSA) is 29.5 Å². The van der Waals surface area contributed by atoms with Crippen molar-refractivity contribution >= 4 is 5.91 Å². The zero-order chi connectivity index (χ0) is 14.8. The third kappa shape index (κ3) is 3.52. The predicted octanol–water partition coefficient (Wildman–Crippen LogP) is 2.99. The number of hydrogen-bond donors (Lipinski definition) is 0. The Balaban J connectivity index is 1.44. The Morgan fingerprint density at radius 2 is 1.86 bits per heavy atom. The Bertz CT molecular complexity index is 523. The van der Waals surface area contributed by atoms with E-state index in [4.69, 9.17) is 4.74 Å². The largest absolute Gasteiger partial charge is 0.493 e. The van der Waals surface area contributed by atoms with Gasteiger partial charge in [0, 0.05) is 25.1 Å². The number of carbonyl (C=O) groups excluding carboxylic acids is 1. The summed E-state index contributed by atoms with van der Waals surface area (Å²) in [5, 5.41) is 0. The van der Waals surface area contributed by atoms with E-state index in [9.17, 15) is 13.6 Å². The van der Waals surface area contributed by atoms with Crippen LogP contribution in [0.15, 0.2) is 18.2 Å². The van der Waals surface area contributed by atoms with Gasteiger partial charge in [-0.1, -0.05) is 0 Å². The van der Waals surface area contributed by atoms with Crippen molar-refractivity contribution in [3.8, 4) is 5.75 Å². The molecule has 1 saturated heterocycles. The third-order valence-corrected chi connectivity index (χ3v) is 4.23. The summed E-state index contributed by atoms with van der Waals surface area (Å²) in [6, 6.07) is 3.58. The summed E-state index contributed by atoms with van der Waals surface area (Å²) < 4.78 is 31.4. The SMILES string of the molecule is O=C(C1CC1)N1CCC(COc2ccc(F)c(F)c2)CC1. The maximum atomic E-state index is 13.1. The second-order valence-corrected chi connectivity index (χ2v) is 5.93. The highest BCUT2D eigenvalue weighted by Gasteiger charge is 2.34. The summed E-state index contributed by atoms with van der Waals surface area (Å²) in [5.41, 5.74) is 0. The molecule has 1 aromatic rings. The van der Waals surface area contributed by atoms with Gasteiger partial charge in [-0.2, -0.15) is 0 Å². The zero-order valence-electron chi connectivity index (χ0n) is 11.9. The maximum absolute atomic E-state index is 13.1. The lowest BCUT2D eigenvalue weighted by Gasteiger charge is -2.32. The predicted molar refractivity (Wildman–Crippen MR) is 73.9 cm³/mol. The van der Waals surface area contributed by atoms with E-state index in [-0.39, 0.29) is 5.92 Å². The molecule has 1 amide bonds. The molecule has 21 heavy (non-hydrogen) atoms. The molecule has 1 aliphatic carbocycles. The highest BCUT2D eigenvalue weighted by molar-refractivity contribution is 5.81. The first-order valence-electron chi connectivity index (χ1n) is 7.50. The summed E-state index contributed by atoms with van der Waals surface area (Å²) in [7, 11) is 0. The molecule has 3 nitrogen and oxygen atoms in total. The summed E-state index contributed by atoms with van der Waals surface area (Å²) >= 11 is 0. The summed E-state index contributed by atoms with van der Waals surface area (Å²) in [6.45, 7) is 2.04. The molecule has 1 aromatic carbocycles. The lowest BCUT2D eigenvalue weighted by Crippen LogP contribution is -2.40. The van der Waals surface area contributed by atoms with Gasteiger partial charge in [-0.05, 0) is 43.7 Å². The van der Waals surface area contributed by atoms with E-state index in [1.54, 1.807) is 0 Å². The van der Waals surface area contributed by atoms with Crippen LogP contribution in [0.3, 0.4) is 0 Å². The first kappa shape index (κ1) is 14.3. The van der Waals surface area contributed by atoms with Crippen LogP contribution in [0.4, 0.5) is 8.78 Å². The standard InChI is InChI=1S/C16H19F2NO2/c17-14-4-3-13(9-15(14)18)21-10-11-5-7-19(8-6-11)16(20)12-1-2-12/h3-4,9,11-12H,1-2,5-8,10H2. The molecule has 0 radical (unpaired) electrons. The number of carbonyl (C=O) groups is 1. The number of nitrogens with zero attached hydrogens (tertiary/aromatic N) is 1. The Kier molecular flexibility index (Phi) is 4.08. The van der Waals surface area contributed by atoms with Crippen LogP contribution < -0.4 is 4.74 Å². The molecule has 2 fully saturated rings. The van der Waals surface area contributed by atoms with Crippen LogP contribution in [-0.2, 0) is 4.79 Å². The average Bonchev–Trinajstić information content (AvgIpc) is 3.33. The normalized spacial score (nSPS) is 19.6. The number of rotatable bonds is 4. The summed E-state index contributed by atoms with van der Waals surface area (Å²) in [5.74, 6) is -0.465. The van der Waals surface area contributed by atoms with Crippen molar-refractivity contribution in [2.45, 2.75) is 25.7 Å². The number of likely N-dealkylation sites (tertiary alicyclic amines) is 1. The monoisotopic (exact) mass is 295 g/mol. The van der Waals surface area contributed by atoms with Crippen molar-refractivity contribution in [2.75, 3.05) is 19.7 Å². The molecule has 0 N–H and O–H groups in total. The van der Waals surface area contributed by atoms with Crippen molar-refractivity contribution in [3.63, 3.8) is 0 Å². The minimum atomic E-state index is -0.891. The number of hydrogen-bond acceptors (Lipinski definition) is 2. The Morgan fingerprint density at radius 3 is 2.48 bits per heavy atom. The number of piperidine rings is 1. The van der Waals surface area contributed by atoms with Gasteiger partial charge in [-0.3, -0.25) is 4.79 Å². The van der Waals surface area contributed by atoms with Crippen molar-refractivity contribution in [1.29, 1.82) is 0 Å². The highest BCUT2D eigenvalue weighted by atomic mass is 19.2. The van der Waals surface area contributed by atoms with E-state index < -0.39 is 11.6 Å².